The molecule has 1 N–H and O–H groups in total. The van der Waals surface area contributed by atoms with Gasteiger partial charge in [0.1, 0.15) is 11.1 Å². The fraction of sp³-hybridized carbons (Fsp3) is 0.222. The number of ether oxygens (including phenoxy) is 2. The van der Waals surface area contributed by atoms with Crippen LogP contribution in [-0.2, 0) is 11.2 Å². The molecule has 2 heterocycles. The maximum atomic E-state index is 12.1. The largest absolute Gasteiger partial charge is 0.454 e. The monoisotopic (exact) mass is 340 g/mol. The molecule has 0 radical (unpaired) electrons. The Morgan fingerprint density at radius 3 is 2.96 bits per heavy atom. The summed E-state index contributed by atoms with van der Waals surface area (Å²) in [6.45, 7) is 4.18. The number of anilines is 1. The predicted molar refractivity (Wildman–Crippen MR) is 93.4 cm³/mol. The number of nitrogens with zero attached hydrogens (tertiary/aromatic N) is 1. The Kier molecular flexibility index (Phi) is 4.54. The third-order valence-corrected chi connectivity index (χ3v) is 4.80. The minimum absolute atomic E-state index is 0.220. The number of thiophene rings is 1. The Morgan fingerprint density at radius 1 is 1.42 bits per heavy atom. The Hall–Kier alpha value is -2.78. The number of benzene rings is 1. The van der Waals surface area contributed by atoms with Crippen molar-refractivity contribution in [3.05, 3.63) is 45.8 Å². The van der Waals surface area contributed by atoms with Gasteiger partial charge in [0.05, 0.1) is 5.56 Å². The van der Waals surface area contributed by atoms with Crippen molar-refractivity contribution in [1.29, 1.82) is 5.26 Å². The highest BCUT2D eigenvalue weighted by atomic mass is 32.1. The van der Waals surface area contributed by atoms with Crippen molar-refractivity contribution in [3.8, 4) is 17.6 Å². The van der Waals surface area contributed by atoms with E-state index in [0.717, 1.165) is 22.4 Å². The molecule has 0 aliphatic carbocycles. The average Bonchev–Trinajstić information content (AvgIpc) is 3.15. The molecule has 6 heteroatoms. The Bertz CT molecular complexity index is 862. The first-order chi connectivity index (χ1) is 11.6. The van der Waals surface area contributed by atoms with Crippen LogP contribution in [0.15, 0.2) is 24.3 Å². The molecule has 3 rings (SSSR count). The number of nitriles is 1. The molecule has 5 nitrogen and oxygen atoms in total. The van der Waals surface area contributed by atoms with Crippen LogP contribution in [0.1, 0.15) is 28.5 Å². The zero-order valence-corrected chi connectivity index (χ0v) is 14.2. The first-order valence-electron chi connectivity index (χ1n) is 7.53. The standard InChI is InChI=1S/C18H16N2O3S/c1-3-13-11(2)24-18(14(13)9-19)20-17(21)7-5-12-4-6-15-16(8-12)23-10-22-15/h4-8H,3,10H2,1-2H3,(H,20,21)/b7-5+. The highest BCUT2D eigenvalue weighted by Crippen LogP contribution is 2.34. The summed E-state index contributed by atoms with van der Waals surface area (Å²) >= 11 is 1.43. The fourth-order valence-corrected chi connectivity index (χ4v) is 3.65. The highest BCUT2D eigenvalue weighted by Gasteiger charge is 2.15. The maximum Gasteiger partial charge on any atom is 0.249 e. The van der Waals surface area contributed by atoms with Gasteiger partial charge in [-0.3, -0.25) is 4.79 Å². The molecule has 0 bridgehead atoms. The van der Waals surface area contributed by atoms with Crippen molar-refractivity contribution in [2.24, 2.45) is 0 Å². The second-order valence-corrected chi connectivity index (χ2v) is 6.47. The van der Waals surface area contributed by atoms with E-state index in [4.69, 9.17) is 9.47 Å². The van der Waals surface area contributed by atoms with Gasteiger partial charge < -0.3 is 14.8 Å². The molecule has 122 valence electrons. The van der Waals surface area contributed by atoms with Crippen LogP contribution < -0.4 is 14.8 Å². The molecule has 1 aromatic carbocycles. The SMILES string of the molecule is CCc1c(C)sc(NC(=O)/C=C/c2ccc3c(c2)OCO3)c1C#N. The molecule has 0 spiro atoms. The summed E-state index contributed by atoms with van der Waals surface area (Å²) in [5.41, 5.74) is 2.40. The van der Waals surface area contributed by atoms with Crippen LogP contribution in [0.5, 0.6) is 11.5 Å². The van der Waals surface area contributed by atoms with Crippen LogP contribution in [0.2, 0.25) is 0 Å². The summed E-state index contributed by atoms with van der Waals surface area (Å²) < 4.78 is 10.6. The molecular formula is C18H16N2O3S. The van der Waals surface area contributed by atoms with E-state index in [2.05, 4.69) is 11.4 Å². The second-order valence-electron chi connectivity index (χ2n) is 5.24. The van der Waals surface area contributed by atoms with Crippen molar-refractivity contribution in [2.45, 2.75) is 20.3 Å². The Balaban J connectivity index is 1.73. The van der Waals surface area contributed by atoms with E-state index in [0.29, 0.717) is 22.1 Å². The summed E-state index contributed by atoms with van der Waals surface area (Å²) in [6.07, 6.45) is 3.91. The van der Waals surface area contributed by atoms with E-state index >= 15 is 0 Å². The number of carbonyl (C=O) groups is 1. The molecule has 0 saturated heterocycles. The normalized spacial score (nSPS) is 12.4. The lowest BCUT2D eigenvalue weighted by molar-refractivity contribution is -0.111. The van der Waals surface area contributed by atoms with Crippen molar-refractivity contribution in [3.63, 3.8) is 0 Å². The number of fused-ring (bicyclic) bond motifs is 1. The number of carbonyl (C=O) groups excluding carboxylic acids is 1. The smallest absolute Gasteiger partial charge is 0.249 e. The van der Waals surface area contributed by atoms with E-state index in [1.165, 1.54) is 17.4 Å². The first kappa shape index (κ1) is 16.1. The van der Waals surface area contributed by atoms with E-state index in [-0.39, 0.29) is 12.7 Å². The predicted octanol–water partition coefficient (Wildman–Crippen LogP) is 3.87. The Morgan fingerprint density at radius 2 is 2.21 bits per heavy atom. The van der Waals surface area contributed by atoms with E-state index in [1.54, 1.807) is 6.08 Å². The number of nitrogens with one attached hydrogen (secondary N) is 1. The van der Waals surface area contributed by atoms with Crippen LogP contribution in [0.4, 0.5) is 5.00 Å². The van der Waals surface area contributed by atoms with Gasteiger partial charge in [-0.2, -0.15) is 5.26 Å². The van der Waals surface area contributed by atoms with Crippen molar-refractivity contribution in [2.75, 3.05) is 12.1 Å². The van der Waals surface area contributed by atoms with Gasteiger partial charge in [-0.1, -0.05) is 13.0 Å². The number of aryl methyl sites for hydroxylation is 1. The zero-order valence-electron chi connectivity index (χ0n) is 13.4. The average molecular weight is 340 g/mol. The van der Waals surface area contributed by atoms with Crippen LogP contribution in [0, 0.1) is 18.3 Å². The molecule has 2 aromatic rings. The van der Waals surface area contributed by atoms with Crippen LogP contribution in [0.25, 0.3) is 6.08 Å². The number of hydrogen-bond acceptors (Lipinski definition) is 5. The minimum atomic E-state index is -0.270. The second kappa shape index (κ2) is 6.77. The van der Waals surface area contributed by atoms with E-state index < -0.39 is 0 Å². The first-order valence-corrected chi connectivity index (χ1v) is 8.35. The maximum absolute atomic E-state index is 12.1. The van der Waals surface area contributed by atoms with Gasteiger partial charge in [-0.05, 0) is 42.7 Å². The van der Waals surface area contributed by atoms with Gasteiger partial charge in [0, 0.05) is 11.0 Å². The fourth-order valence-electron chi connectivity index (χ4n) is 2.55. The lowest BCUT2D eigenvalue weighted by Crippen LogP contribution is -2.07. The van der Waals surface area contributed by atoms with Crippen molar-refractivity contribution >= 4 is 28.3 Å². The summed E-state index contributed by atoms with van der Waals surface area (Å²) in [7, 11) is 0. The summed E-state index contributed by atoms with van der Waals surface area (Å²) in [4.78, 5) is 13.2. The number of amides is 1. The lowest BCUT2D eigenvalue weighted by Gasteiger charge is -2.00. The lowest BCUT2D eigenvalue weighted by atomic mass is 10.1. The third-order valence-electron chi connectivity index (χ3n) is 3.73. The summed E-state index contributed by atoms with van der Waals surface area (Å²) in [5, 5.41) is 12.7. The third kappa shape index (κ3) is 3.12. The topological polar surface area (TPSA) is 71.3 Å². The highest BCUT2D eigenvalue weighted by molar-refractivity contribution is 7.16. The van der Waals surface area contributed by atoms with Gasteiger partial charge in [-0.15, -0.1) is 11.3 Å². The van der Waals surface area contributed by atoms with E-state index in [9.17, 15) is 10.1 Å². The number of rotatable bonds is 4. The van der Waals surface area contributed by atoms with Gasteiger partial charge in [-0.25, -0.2) is 0 Å². The molecule has 0 unspecified atom stereocenters. The molecule has 0 fully saturated rings. The molecule has 1 amide bonds. The molecule has 1 aromatic heterocycles. The van der Waals surface area contributed by atoms with Crippen LogP contribution in [0.3, 0.4) is 0 Å². The van der Waals surface area contributed by atoms with Crippen LogP contribution >= 0.6 is 11.3 Å². The molecule has 0 saturated carbocycles. The van der Waals surface area contributed by atoms with Gasteiger partial charge in [0.15, 0.2) is 11.5 Å². The van der Waals surface area contributed by atoms with Crippen LogP contribution in [-0.4, -0.2) is 12.7 Å². The Labute approximate surface area is 144 Å². The molecule has 1 aliphatic rings. The van der Waals surface area contributed by atoms with Crippen molar-refractivity contribution < 1.29 is 14.3 Å². The molecule has 0 atom stereocenters. The molecule has 1 aliphatic heterocycles. The summed E-state index contributed by atoms with van der Waals surface area (Å²) in [5.74, 6) is 1.11. The molecular weight excluding hydrogens is 324 g/mol. The molecule has 24 heavy (non-hydrogen) atoms. The van der Waals surface area contributed by atoms with Gasteiger partial charge in [0.2, 0.25) is 12.7 Å². The van der Waals surface area contributed by atoms with Gasteiger partial charge >= 0.3 is 0 Å². The zero-order chi connectivity index (χ0) is 17.1. The van der Waals surface area contributed by atoms with Gasteiger partial charge in [0.25, 0.3) is 0 Å². The minimum Gasteiger partial charge on any atom is -0.454 e. The van der Waals surface area contributed by atoms with Crippen molar-refractivity contribution in [1.82, 2.24) is 0 Å². The van der Waals surface area contributed by atoms with E-state index in [1.807, 2.05) is 32.0 Å². The number of hydrogen-bond donors (Lipinski definition) is 1. The summed E-state index contributed by atoms with van der Waals surface area (Å²) in [6, 6.07) is 7.66. The quantitative estimate of drug-likeness (QED) is 0.858.